The van der Waals surface area contributed by atoms with Crippen molar-refractivity contribution in [3.8, 4) is 5.75 Å². The number of aromatic nitrogens is 2. The Bertz CT molecular complexity index is 800. The largest absolute Gasteiger partial charge is 0.487 e. The van der Waals surface area contributed by atoms with Gasteiger partial charge in [-0.15, -0.1) is 11.3 Å². The summed E-state index contributed by atoms with van der Waals surface area (Å²) < 4.78 is 7.26. The minimum absolute atomic E-state index is 0.0738. The summed E-state index contributed by atoms with van der Waals surface area (Å²) in [5.41, 5.74) is 2.88. The Morgan fingerprint density at radius 3 is 2.70 bits per heavy atom. The fourth-order valence-electron chi connectivity index (χ4n) is 2.14. The van der Waals surface area contributed by atoms with Crippen LogP contribution >= 0.6 is 11.3 Å². The van der Waals surface area contributed by atoms with Crippen molar-refractivity contribution in [2.75, 3.05) is 0 Å². The van der Waals surface area contributed by atoms with Gasteiger partial charge in [-0.1, -0.05) is 6.07 Å². The van der Waals surface area contributed by atoms with Gasteiger partial charge in [0.05, 0.1) is 5.69 Å². The fraction of sp³-hybridized carbons (Fsp3) is 0.200. The summed E-state index contributed by atoms with van der Waals surface area (Å²) in [6.45, 7) is 4.36. The van der Waals surface area contributed by atoms with Crippen molar-refractivity contribution < 1.29 is 4.74 Å². The second-order valence-corrected chi connectivity index (χ2v) is 5.63. The molecule has 0 unspecified atom stereocenters. The van der Waals surface area contributed by atoms with Crippen molar-refractivity contribution in [2.45, 2.75) is 20.5 Å². The van der Waals surface area contributed by atoms with Crippen LogP contribution in [0.2, 0.25) is 0 Å². The van der Waals surface area contributed by atoms with Crippen molar-refractivity contribution in [2.24, 2.45) is 0 Å². The zero-order valence-corrected chi connectivity index (χ0v) is 12.1. The van der Waals surface area contributed by atoms with Crippen molar-refractivity contribution in [1.82, 2.24) is 9.38 Å². The van der Waals surface area contributed by atoms with Gasteiger partial charge in [0.1, 0.15) is 12.4 Å². The number of thiazole rings is 1. The molecule has 0 atom stereocenters. The highest BCUT2D eigenvalue weighted by Gasteiger charge is 2.04. The first-order valence-electron chi connectivity index (χ1n) is 6.29. The van der Waals surface area contributed by atoms with Gasteiger partial charge in [0.25, 0.3) is 5.56 Å². The number of aryl methyl sites for hydroxylation is 2. The summed E-state index contributed by atoms with van der Waals surface area (Å²) in [7, 11) is 0. The van der Waals surface area contributed by atoms with Gasteiger partial charge in [-0.3, -0.25) is 9.20 Å². The Balaban J connectivity index is 1.84. The van der Waals surface area contributed by atoms with Crippen molar-refractivity contribution in [3.63, 3.8) is 0 Å². The van der Waals surface area contributed by atoms with Crippen LogP contribution in [0.4, 0.5) is 0 Å². The minimum Gasteiger partial charge on any atom is -0.487 e. The lowest BCUT2D eigenvalue weighted by atomic mass is 10.1. The van der Waals surface area contributed by atoms with Crippen LogP contribution in [0.5, 0.6) is 5.75 Å². The Kier molecular flexibility index (Phi) is 3.28. The number of fused-ring (bicyclic) bond motifs is 1. The first-order valence-corrected chi connectivity index (χ1v) is 7.17. The predicted molar refractivity (Wildman–Crippen MR) is 79.6 cm³/mol. The summed E-state index contributed by atoms with van der Waals surface area (Å²) in [5, 5.41) is 1.85. The van der Waals surface area contributed by atoms with Gasteiger partial charge < -0.3 is 4.74 Å². The van der Waals surface area contributed by atoms with E-state index in [2.05, 4.69) is 11.1 Å². The molecule has 3 rings (SSSR count). The molecule has 0 aliphatic rings. The SMILES string of the molecule is Cc1cc(C)cc(OCc2cc(=O)n3ccsc3n2)c1. The fourth-order valence-corrected chi connectivity index (χ4v) is 2.87. The van der Waals surface area contributed by atoms with Crippen LogP contribution in [0.25, 0.3) is 4.96 Å². The molecule has 2 heterocycles. The van der Waals surface area contributed by atoms with Gasteiger partial charge >= 0.3 is 0 Å². The van der Waals surface area contributed by atoms with Crippen molar-refractivity contribution in [3.05, 3.63) is 63.0 Å². The number of ether oxygens (including phenoxy) is 1. The maximum absolute atomic E-state index is 11.9. The average molecular weight is 286 g/mol. The lowest BCUT2D eigenvalue weighted by Crippen LogP contribution is -2.14. The molecule has 4 nitrogen and oxygen atoms in total. The molecule has 2 aromatic heterocycles. The zero-order chi connectivity index (χ0) is 14.1. The predicted octanol–water partition coefficient (Wildman–Crippen LogP) is 2.95. The number of benzene rings is 1. The van der Waals surface area contributed by atoms with E-state index in [-0.39, 0.29) is 5.56 Å². The second kappa shape index (κ2) is 5.09. The highest BCUT2D eigenvalue weighted by molar-refractivity contribution is 7.15. The molecule has 0 N–H and O–H groups in total. The lowest BCUT2D eigenvalue weighted by molar-refractivity contribution is 0.301. The van der Waals surface area contributed by atoms with Gasteiger partial charge in [0.15, 0.2) is 4.96 Å². The van der Waals surface area contributed by atoms with E-state index < -0.39 is 0 Å². The molecule has 20 heavy (non-hydrogen) atoms. The van der Waals surface area contributed by atoms with E-state index in [4.69, 9.17) is 4.74 Å². The molecule has 0 radical (unpaired) electrons. The normalized spacial score (nSPS) is 10.9. The van der Waals surface area contributed by atoms with Crippen LogP contribution < -0.4 is 10.3 Å². The molecule has 0 fully saturated rings. The summed E-state index contributed by atoms with van der Waals surface area (Å²) in [6.07, 6.45) is 1.73. The van der Waals surface area contributed by atoms with Crippen LogP contribution in [-0.2, 0) is 6.61 Å². The van der Waals surface area contributed by atoms with Gasteiger partial charge in [-0.2, -0.15) is 0 Å². The van der Waals surface area contributed by atoms with Crippen LogP contribution in [0.1, 0.15) is 16.8 Å². The summed E-state index contributed by atoms with van der Waals surface area (Å²) in [6, 6.07) is 7.56. The van der Waals surface area contributed by atoms with E-state index in [1.165, 1.54) is 21.8 Å². The molecule has 3 aromatic rings. The van der Waals surface area contributed by atoms with E-state index in [1.54, 1.807) is 6.20 Å². The maximum Gasteiger partial charge on any atom is 0.258 e. The summed E-state index contributed by atoms with van der Waals surface area (Å²) in [4.78, 5) is 17.0. The smallest absolute Gasteiger partial charge is 0.258 e. The number of hydrogen-bond donors (Lipinski definition) is 0. The third-order valence-corrected chi connectivity index (χ3v) is 3.69. The second-order valence-electron chi connectivity index (χ2n) is 4.75. The highest BCUT2D eigenvalue weighted by atomic mass is 32.1. The van der Waals surface area contributed by atoms with Gasteiger partial charge in [0.2, 0.25) is 0 Å². The van der Waals surface area contributed by atoms with Crippen molar-refractivity contribution >= 4 is 16.3 Å². The highest BCUT2D eigenvalue weighted by Crippen LogP contribution is 2.17. The molecule has 0 aliphatic carbocycles. The first-order chi connectivity index (χ1) is 9.61. The lowest BCUT2D eigenvalue weighted by Gasteiger charge is -2.07. The van der Waals surface area contributed by atoms with Crippen molar-refractivity contribution in [1.29, 1.82) is 0 Å². The summed E-state index contributed by atoms with van der Waals surface area (Å²) in [5.74, 6) is 0.802. The van der Waals surface area contributed by atoms with E-state index in [0.717, 1.165) is 16.9 Å². The number of hydrogen-bond acceptors (Lipinski definition) is 4. The quantitative estimate of drug-likeness (QED) is 0.743. The molecule has 0 saturated carbocycles. The van der Waals surface area contributed by atoms with E-state index in [0.29, 0.717) is 17.3 Å². The monoisotopic (exact) mass is 286 g/mol. The van der Waals surface area contributed by atoms with Gasteiger partial charge in [-0.05, 0) is 37.1 Å². The molecule has 0 amide bonds. The topological polar surface area (TPSA) is 43.6 Å². The molecule has 0 aliphatic heterocycles. The maximum atomic E-state index is 11.9. The van der Waals surface area contributed by atoms with Crippen LogP contribution in [0.3, 0.4) is 0 Å². The average Bonchev–Trinajstić information content (AvgIpc) is 2.84. The number of nitrogens with zero attached hydrogens (tertiary/aromatic N) is 2. The Hall–Kier alpha value is -2.14. The molecular weight excluding hydrogens is 272 g/mol. The molecular formula is C15H14N2O2S. The standard InChI is InChI=1S/C15H14N2O2S/c1-10-5-11(2)7-13(6-10)19-9-12-8-14(18)17-3-4-20-15(17)16-12/h3-8H,9H2,1-2H3. The molecule has 5 heteroatoms. The molecule has 0 bridgehead atoms. The Labute approximate surface area is 120 Å². The Morgan fingerprint density at radius 1 is 1.20 bits per heavy atom. The van der Waals surface area contributed by atoms with E-state index >= 15 is 0 Å². The van der Waals surface area contributed by atoms with Crippen LogP contribution in [0, 0.1) is 13.8 Å². The summed E-state index contributed by atoms with van der Waals surface area (Å²) >= 11 is 1.44. The minimum atomic E-state index is -0.0738. The van der Waals surface area contributed by atoms with Gasteiger partial charge in [-0.25, -0.2) is 4.98 Å². The van der Waals surface area contributed by atoms with Gasteiger partial charge in [0, 0.05) is 17.6 Å². The first kappa shape index (κ1) is 12.9. The van der Waals surface area contributed by atoms with Crippen LogP contribution in [-0.4, -0.2) is 9.38 Å². The third-order valence-electron chi connectivity index (χ3n) is 2.94. The van der Waals surface area contributed by atoms with E-state index in [1.807, 2.05) is 31.4 Å². The third kappa shape index (κ3) is 2.58. The molecule has 102 valence electrons. The zero-order valence-electron chi connectivity index (χ0n) is 11.3. The van der Waals surface area contributed by atoms with Crippen LogP contribution in [0.15, 0.2) is 40.6 Å². The van der Waals surface area contributed by atoms with E-state index in [9.17, 15) is 4.79 Å². The molecule has 0 saturated heterocycles. The number of rotatable bonds is 3. The molecule has 0 spiro atoms. The molecule has 1 aromatic carbocycles. The Morgan fingerprint density at radius 2 is 1.95 bits per heavy atom.